The highest BCUT2D eigenvalue weighted by molar-refractivity contribution is 5.22. The van der Waals surface area contributed by atoms with Gasteiger partial charge < -0.3 is 5.32 Å². The SMILES string of the molecule is C#CCNCC(C)N(C)Cc1cccc(C)c1. The van der Waals surface area contributed by atoms with Crippen molar-refractivity contribution in [1.82, 2.24) is 10.2 Å². The zero-order valence-corrected chi connectivity index (χ0v) is 11.0. The van der Waals surface area contributed by atoms with Gasteiger partial charge in [-0.25, -0.2) is 0 Å². The van der Waals surface area contributed by atoms with E-state index in [1.807, 2.05) is 0 Å². The van der Waals surface area contributed by atoms with Crippen LogP contribution in [0.2, 0.25) is 0 Å². The van der Waals surface area contributed by atoms with Gasteiger partial charge in [0.05, 0.1) is 6.54 Å². The molecule has 0 bridgehead atoms. The maximum absolute atomic E-state index is 5.20. The Hall–Kier alpha value is -1.30. The Morgan fingerprint density at radius 2 is 2.24 bits per heavy atom. The Morgan fingerprint density at radius 1 is 1.47 bits per heavy atom. The van der Waals surface area contributed by atoms with E-state index >= 15 is 0 Å². The lowest BCUT2D eigenvalue weighted by Gasteiger charge is -2.25. The molecular weight excluding hydrogens is 208 g/mol. The van der Waals surface area contributed by atoms with Crippen LogP contribution in [-0.2, 0) is 6.54 Å². The van der Waals surface area contributed by atoms with Crippen LogP contribution in [0.3, 0.4) is 0 Å². The molecule has 0 heterocycles. The summed E-state index contributed by atoms with van der Waals surface area (Å²) in [5.74, 6) is 2.59. The molecule has 0 aliphatic rings. The number of benzene rings is 1. The lowest BCUT2D eigenvalue weighted by molar-refractivity contribution is 0.245. The van der Waals surface area contributed by atoms with Crippen molar-refractivity contribution >= 4 is 0 Å². The van der Waals surface area contributed by atoms with Gasteiger partial charge in [0.2, 0.25) is 0 Å². The summed E-state index contributed by atoms with van der Waals surface area (Å²) >= 11 is 0. The second-order valence-electron chi connectivity index (χ2n) is 4.59. The van der Waals surface area contributed by atoms with Gasteiger partial charge in [-0.2, -0.15) is 0 Å². The third kappa shape index (κ3) is 5.04. The number of nitrogens with zero attached hydrogens (tertiary/aromatic N) is 1. The predicted octanol–water partition coefficient (Wildman–Crippen LogP) is 2.04. The molecule has 1 aromatic rings. The lowest BCUT2D eigenvalue weighted by atomic mass is 10.1. The number of hydrogen-bond donors (Lipinski definition) is 1. The monoisotopic (exact) mass is 230 g/mol. The molecule has 92 valence electrons. The fourth-order valence-electron chi connectivity index (χ4n) is 1.76. The number of likely N-dealkylation sites (N-methyl/N-ethyl adjacent to an activating group) is 1. The van der Waals surface area contributed by atoms with Crippen LogP contribution in [0.15, 0.2) is 24.3 Å². The van der Waals surface area contributed by atoms with E-state index in [2.05, 4.69) is 61.3 Å². The van der Waals surface area contributed by atoms with Crippen molar-refractivity contribution in [1.29, 1.82) is 0 Å². The molecule has 0 radical (unpaired) electrons. The molecule has 0 aliphatic heterocycles. The molecule has 2 heteroatoms. The third-order valence-electron chi connectivity index (χ3n) is 2.93. The second-order valence-corrected chi connectivity index (χ2v) is 4.59. The van der Waals surface area contributed by atoms with Crippen LogP contribution in [0.4, 0.5) is 0 Å². The highest BCUT2D eigenvalue weighted by Crippen LogP contribution is 2.08. The molecule has 1 N–H and O–H groups in total. The van der Waals surface area contributed by atoms with Gasteiger partial charge in [0.1, 0.15) is 0 Å². The summed E-state index contributed by atoms with van der Waals surface area (Å²) in [5.41, 5.74) is 2.67. The minimum absolute atomic E-state index is 0.476. The van der Waals surface area contributed by atoms with Crippen LogP contribution in [0.5, 0.6) is 0 Å². The van der Waals surface area contributed by atoms with Crippen molar-refractivity contribution in [2.75, 3.05) is 20.1 Å². The summed E-state index contributed by atoms with van der Waals surface area (Å²) in [6, 6.07) is 9.12. The van der Waals surface area contributed by atoms with Gasteiger partial charge in [-0.1, -0.05) is 35.7 Å². The van der Waals surface area contributed by atoms with Gasteiger partial charge in [0.15, 0.2) is 0 Å². The molecular formula is C15H22N2. The zero-order valence-electron chi connectivity index (χ0n) is 11.0. The maximum atomic E-state index is 5.20. The standard InChI is InChI=1S/C15H22N2/c1-5-9-16-11-14(3)17(4)12-15-8-6-7-13(2)10-15/h1,6-8,10,14,16H,9,11-12H2,2-4H3. The Labute approximate surface area is 105 Å². The van der Waals surface area contributed by atoms with Gasteiger partial charge in [-0.3, -0.25) is 4.90 Å². The summed E-state index contributed by atoms with van der Waals surface area (Å²) in [5, 5.41) is 3.24. The van der Waals surface area contributed by atoms with Crippen LogP contribution in [0, 0.1) is 19.3 Å². The van der Waals surface area contributed by atoms with E-state index < -0.39 is 0 Å². The largest absolute Gasteiger partial charge is 0.305 e. The second kappa shape index (κ2) is 7.11. The quantitative estimate of drug-likeness (QED) is 0.594. The van der Waals surface area contributed by atoms with Gasteiger partial charge in [0, 0.05) is 19.1 Å². The van der Waals surface area contributed by atoms with E-state index in [9.17, 15) is 0 Å². The van der Waals surface area contributed by atoms with Crippen molar-refractivity contribution in [3.05, 3.63) is 35.4 Å². The molecule has 0 aromatic heterocycles. The minimum Gasteiger partial charge on any atom is -0.305 e. The van der Waals surface area contributed by atoms with Crippen molar-refractivity contribution in [2.24, 2.45) is 0 Å². The Kier molecular flexibility index (Phi) is 5.76. The van der Waals surface area contributed by atoms with Crippen molar-refractivity contribution < 1.29 is 0 Å². The highest BCUT2D eigenvalue weighted by Gasteiger charge is 2.08. The first-order valence-corrected chi connectivity index (χ1v) is 6.03. The predicted molar refractivity (Wildman–Crippen MR) is 73.8 cm³/mol. The van der Waals surface area contributed by atoms with Gasteiger partial charge in [0.25, 0.3) is 0 Å². The smallest absolute Gasteiger partial charge is 0.0574 e. The minimum atomic E-state index is 0.476. The van der Waals surface area contributed by atoms with Gasteiger partial charge >= 0.3 is 0 Å². The third-order valence-corrected chi connectivity index (χ3v) is 2.93. The maximum Gasteiger partial charge on any atom is 0.0574 e. The summed E-state index contributed by atoms with van der Waals surface area (Å²) in [7, 11) is 2.14. The summed E-state index contributed by atoms with van der Waals surface area (Å²) in [6.45, 7) is 6.87. The van der Waals surface area contributed by atoms with Crippen molar-refractivity contribution in [3.63, 3.8) is 0 Å². The molecule has 0 saturated carbocycles. The van der Waals surface area contributed by atoms with Crippen LogP contribution in [-0.4, -0.2) is 31.1 Å². The topological polar surface area (TPSA) is 15.3 Å². The molecule has 1 unspecified atom stereocenters. The Morgan fingerprint density at radius 3 is 2.88 bits per heavy atom. The zero-order chi connectivity index (χ0) is 12.7. The van der Waals surface area contributed by atoms with E-state index in [-0.39, 0.29) is 0 Å². The van der Waals surface area contributed by atoms with Crippen molar-refractivity contribution in [2.45, 2.75) is 26.4 Å². The normalized spacial score (nSPS) is 12.4. The average molecular weight is 230 g/mol. The van der Waals surface area contributed by atoms with Crippen LogP contribution in [0.1, 0.15) is 18.1 Å². The van der Waals surface area contributed by atoms with Gasteiger partial charge in [-0.15, -0.1) is 6.42 Å². The van der Waals surface area contributed by atoms with E-state index in [4.69, 9.17) is 6.42 Å². The number of nitrogens with one attached hydrogen (secondary N) is 1. The first-order chi connectivity index (χ1) is 8.13. The summed E-state index contributed by atoms with van der Waals surface area (Å²) in [6.07, 6.45) is 5.20. The van der Waals surface area contributed by atoms with E-state index in [1.54, 1.807) is 0 Å². The number of terminal acetylenes is 1. The van der Waals surface area contributed by atoms with E-state index in [1.165, 1.54) is 11.1 Å². The van der Waals surface area contributed by atoms with E-state index in [0.29, 0.717) is 12.6 Å². The number of rotatable bonds is 6. The van der Waals surface area contributed by atoms with E-state index in [0.717, 1.165) is 13.1 Å². The van der Waals surface area contributed by atoms with Crippen LogP contribution >= 0.6 is 0 Å². The molecule has 17 heavy (non-hydrogen) atoms. The molecule has 1 atom stereocenters. The average Bonchev–Trinajstić information content (AvgIpc) is 2.29. The molecule has 1 aromatic carbocycles. The summed E-state index contributed by atoms with van der Waals surface area (Å²) < 4.78 is 0. The molecule has 2 nitrogen and oxygen atoms in total. The molecule has 0 spiro atoms. The van der Waals surface area contributed by atoms with Crippen LogP contribution in [0.25, 0.3) is 0 Å². The Bertz CT molecular complexity index is 379. The van der Waals surface area contributed by atoms with Crippen molar-refractivity contribution in [3.8, 4) is 12.3 Å². The highest BCUT2D eigenvalue weighted by atomic mass is 15.1. The molecule has 0 amide bonds. The molecule has 0 aliphatic carbocycles. The van der Waals surface area contributed by atoms with Gasteiger partial charge in [-0.05, 0) is 26.5 Å². The molecule has 0 saturated heterocycles. The fourth-order valence-corrected chi connectivity index (χ4v) is 1.76. The first-order valence-electron chi connectivity index (χ1n) is 6.03. The summed E-state index contributed by atoms with van der Waals surface area (Å²) in [4.78, 5) is 2.33. The first kappa shape index (κ1) is 13.8. The van der Waals surface area contributed by atoms with Crippen LogP contribution < -0.4 is 5.32 Å². The lowest BCUT2D eigenvalue weighted by Crippen LogP contribution is -2.37. The fraction of sp³-hybridized carbons (Fsp3) is 0.467. The Balaban J connectivity index is 2.43. The molecule has 0 fully saturated rings. The number of aryl methyl sites for hydroxylation is 1. The number of hydrogen-bond acceptors (Lipinski definition) is 2. The molecule has 1 rings (SSSR count).